The van der Waals surface area contributed by atoms with Crippen LogP contribution < -0.4 is 25.1 Å². The molecule has 4 rings (SSSR count). The van der Waals surface area contributed by atoms with E-state index < -0.39 is 12.0 Å². The number of rotatable bonds is 5. The van der Waals surface area contributed by atoms with Gasteiger partial charge in [0.25, 0.3) is 11.5 Å². The fourth-order valence-electron chi connectivity index (χ4n) is 3.14. The molecule has 0 radical (unpaired) electrons. The average Bonchev–Trinajstić information content (AvgIpc) is 3.27. The maximum atomic E-state index is 12.9. The van der Waals surface area contributed by atoms with Gasteiger partial charge >= 0.3 is 0 Å². The van der Waals surface area contributed by atoms with E-state index in [0.717, 1.165) is 0 Å². The van der Waals surface area contributed by atoms with Gasteiger partial charge in [-0.3, -0.25) is 14.3 Å². The lowest BCUT2D eigenvalue weighted by molar-refractivity contribution is -0.122. The van der Waals surface area contributed by atoms with Gasteiger partial charge < -0.3 is 19.5 Å². The van der Waals surface area contributed by atoms with Gasteiger partial charge in [-0.15, -0.1) is 0 Å². The summed E-state index contributed by atoms with van der Waals surface area (Å²) in [4.78, 5) is 25.6. The summed E-state index contributed by atoms with van der Waals surface area (Å²) in [6, 6.07) is 14.3. The van der Waals surface area contributed by atoms with Gasteiger partial charge in [-0.2, -0.15) is 0 Å². The Balaban J connectivity index is 1.53. The molecule has 1 aliphatic heterocycles. The molecule has 0 saturated carbocycles. The number of hydrogen-bond acceptors (Lipinski definition) is 5. The molecule has 0 unspecified atom stereocenters. The fraction of sp³-hybridized carbons (Fsp3) is 0.238. The number of nitrogens with zero attached hydrogens (tertiary/aromatic N) is 2. The summed E-state index contributed by atoms with van der Waals surface area (Å²) in [5, 5.41) is 2.71. The molecule has 0 aliphatic carbocycles. The van der Waals surface area contributed by atoms with Crippen LogP contribution in [0.25, 0.3) is 5.69 Å². The Kier molecular flexibility index (Phi) is 4.75. The van der Waals surface area contributed by atoms with Crippen molar-refractivity contribution in [3.05, 3.63) is 64.6 Å². The van der Waals surface area contributed by atoms with Gasteiger partial charge in [0.15, 0.2) is 17.6 Å². The van der Waals surface area contributed by atoms with E-state index in [4.69, 9.17) is 14.2 Å². The molecule has 150 valence electrons. The molecule has 1 atom stereocenters. The normalized spacial score (nSPS) is 13.2. The second kappa shape index (κ2) is 7.38. The number of ether oxygens (including phenoxy) is 3. The molecule has 8 heteroatoms. The number of anilines is 1. The van der Waals surface area contributed by atoms with Gasteiger partial charge in [0, 0.05) is 13.1 Å². The van der Waals surface area contributed by atoms with E-state index >= 15 is 0 Å². The number of hydrogen-bond donors (Lipinski definition) is 1. The molecule has 2 heterocycles. The van der Waals surface area contributed by atoms with Crippen LogP contribution in [0.4, 0.5) is 5.69 Å². The van der Waals surface area contributed by atoms with Crippen LogP contribution in [0.1, 0.15) is 12.6 Å². The summed E-state index contributed by atoms with van der Waals surface area (Å²) in [5.41, 5.74) is 1.28. The van der Waals surface area contributed by atoms with Crippen molar-refractivity contribution >= 4 is 11.6 Å². The molecule has 0 spiro atoms. The number of para-hydroxylation sites is 1. The molecule has 1 aliphatic rings. The molecular weight excluding hydrogens is 374 g/mol. The van der Waals surface area contributed by atoms with Gasteiger partial charge in [-0.25, -0.2) is 4.68 Å². The number of carbonyl (C=O) groups is 1. The van der Waals surface area contributed by atoms with Crippen LogP contribution in [0.2, 0.25) is 0 Å². The van der Waals surface area contributed by atoms with Gasteiger partial charge in [0.2, 0.25) is 6.79 Å². The van der Waals surface area contributed by atoms with Crippen LogP contribution in [0, 0.1) is 6.92 Å². The van der Waals surface area contributed by atoms with Crippen molar-refractivity contribution in [1.82, 2.24) is 9.36 Å². The quantitative estimate of drug-likeness (QED) is 0.718. The van der Waals surface area contributed by atoms with Crippen LogP contribution in [-0.4, -0.2) is 28.2 Å². The number of amides is 1. The topological polar surface area (TPSA) is 83.7 Å². The Morgan fingerprint density at radius 2 is 1.86 bits per heavy atom. The van der Waals surface area contributed by atoms with Gasteiger partial charge in [-0.1, -0.05) is 18.2 Å². The maximum Gasteiger partial charge on any atom is 0.295 e. The average molecular weight is 395 g/mol. The van der Waals surface area contributed by atoms with E-state index in [-0.39, 0.29) is 18.0 Å². The number of aromatic nitrogens is 2. The Bertz CT molecular complexity index is 1120. The van der Waals surface area contributed by atoms with Crippen molar-refractivity contribution in [2.75, 3.05) is 12.1 Å². The second-order valence-electron chi connectivity index (χ2n) is 6.70. The first-order chi connectivity index (χ1) is 14.0. The minimum Gasteiger partial charge on any atom is -0.481 e. The molecule has 0 saturated heterocycles. The first kappa shape index (κ1) is 18.7. The lowest BCUT2D eigenvalue weighted by Crippen LogP contribution is -2.32. The lowest BCUT2D eigenvalue weighted by Gasteiger charge is -2.14. The van der Waals surface area contributed by atoms with Gasteiger partial charge in [-0.05, 0) is 38.1 Å². The molecule has 29 heavy (non-hydrogen) atoms. The van der Waals surface area contributed by atoms with Crippen molar-refractivity contribution in [3.8, 4) is 22.9 Å². The zero-order chi connectivity index (χ0) is 20.5. The number of nitrogens with one attached hydrogen (secondary N) is 1. The summed E-state index contributed by atoms with van der Waals surface area (Å²) in [6.45, 7) is 3.56. The summed E-state index contributed by atoms with van der Waals surface area (Å²) in [7, 11) is 1.77. The van der Waals surface area contributed by atoms with Crippen molar-refractivity contribution in [3.63, 3.8) is 0 Å². The van der Waals surface area contributed by atoms with Crippen LogP contribution in [0.3, 0.4) is 0 Å². The van der Waals surface area contributed by atoms with E-state index in [0.29, 0.717) is 28.6 Å². The lowest BCUT2D eigenvalue weighted by atomic mass is 10.3. The molecule has 0 fully saturated rings. The van der Waals surface area contributed by atoms with Crippen molar-refractivity contribution in [2.45, 2.75) is 20.0 Å². The number of benzene rings is 2. The SMILES string of the molecule is Cc1c(NC(=O)[C@@H](C)Oc2ccc3c(c2)OCO3)c(=O)n(-c2ccccc2)n1C. The molecule has 2 aromatic carbocycles. The third-order valence-electron chi connectivity index (χ3n) is 4.83. The van der Waals surface area contributed by atoms with Crippen LogP contribution in [-0.2, 0) is 11.8 Å². The van der Waals surface area contributed by atoms with E-state index in [2.05, 4.69) is 5.32 Å². The number of fused-ring (bicyclic) bond motifs is 1. The van der Waals surface area contributed by atoms with Gasteiger partial charge in [0.1, 0.15) is 11.4 Å². The Morgan fingerprint density at radius 1 is 1.14 bits per heavy atom. The van der Waals surface area contributed by atoms with E-state index in [1.807, 2.05) is 30.3 Å². The third kappa shape index (κ3) is 3.44. The zero-order valence-electron chi connectivity index (χ0n) is 16.3. The predicted octanol–water partition coefficient (Wildman–Crippen LogP) is 2.62. The van der Waals surface area contributed by atoms with Crippen molar-refractivity contribution < 1.29 is 19.0 Å². The molecule has 3 aromatic rings. The first-order valence-electron chi connectivity index (χ1n) is 9.17. The van der Waals surface area contributed by atoms with E-state index in [1.165, 1.54) is 4.68 Å². The van der Waals surface area contributed by atoms with Crippen molar-refractivity contribution in [2.24, 2.45) is 7.05 Å². The highest BCUT2D eigenvalue weighted by Crippen LogP contribution is 2.35. The Hall–Kier alpha value is -3.68. The minimum absolute atomic E-state index is 0.163. The zero-order valence-corrected chi connectivity index (χ0v) is 16.3. The summed E-state index contributed by atoms with van der Waals surface area (Å²) >= 11 is 0. The predicted molar refractivity (Wildman–Crippen MR) is 107 cm³/mol. The summed E-state index contributed by atoms with van der Waals surface area (Å²) in [6.07, 6.45) is -0.820. The molecule has 1 amide bonds. The molecule has 0 bridgehead atoms. The third-order valence-corrected chi connectivity index (χ3v) is 4.83. The van der Waals surface area contributed by atoms with Crippen LogP contribution in [0.15, 0.2) is 53.3 Å². The van der Waals surface area contributed by atoms with Crippen LogP contribution in [0.5, 0.6) is 17.2 Å². The second-order valence-corrected chi connectivity index (χ2v) is 6.70. The molecule has 8 nitrogen and oxygen atoms in total. The summed E-state index contributed by atoms with van der Waals surface area (Å²) in [5.74, 6) is 1.26. The highest BCUT2D eigenvalue weighted by atomic mass is 16.7. The van der Waals surface area contributed by atoms with E-state index in [9.17, 15) is 9.59 Å². The highest BCUT2D eigenvalue weighted by molar-refractivity contribution is 5.94. The highest BCUT2D eigenvalue weighted by Gasteiger charge is 2.22. The fourth-order valence-corrected chi connectivity index (χ4v) is 3.14. The molecule has 1 N–H and O–H groups in total. The van der Waals surface area contributed by atoms with E-state index in [1.54, 1.807) is 43.8 Å². The van der Waals surface area contributed by atoms with Crippen molar-refractivity contribution in [1.29, 1.82) is 0 Å². The largest absolute Gasteiger partial charge is 0.481 e. The standard InChI is InChI=1S/C21H21N3O5/c1-13-19(21(26)24(23(13)3)15-7-5-4-6-8-15)22-20(25)14(2)29-16-9-10-17-18(11-16)28-12-27-17/h4-11,14H,12H2,1-3H3,(H,22,25)/t14-/m1/s1. The Labute approximate surface area is 167 Å². The smallest absolute Gasteiger partial charge is 0.295 e. The molecule has 1 aromatic heterocycles. The maximum absolute atomic E-state index is 12.9. The minimum atomic E-state index is -0.820. The Morgan fingerprint density at radius 3 is 2.62 bits per heavy atom. The number of carbonyl (C=O) groups excluding carboxylic acids is 1. The van der Waals surface area contributed by atoms with Gasteiger partial charge in [0.05, 0.1) is 11.4 Å². The first-order valence-corrected chi connectivity index (χ1v) is 9.17. The molecular formula is C21H21N3O5. The monoisotopic (exact) mass is 395 g/mol. The summed E-state index contributed by atoms with van der Waals surface area (Å²) < 4.78 is 19.5. The van der Waals surface area contributed by atoms with Crippen LogP contribution >= 0.6 is 0 Å².